The monoisotopic (exact) mass is 442 g/mol. The Kier molecular flexibility index (Phi) is 6.87. The van der Waals surface area contributed by atoms with E-state index >= 15 is 0 Å². The number of esters is 1. The van der Waals surface area contributed by atoms with Crippen LogP contribution in [-0.4, -0.2) is 23.3 Å². The fourth-order valence-corrected chi connectivity index (χ4v) is 4.36. The van der Waals surface area contributed by atoms with E-state index in [4.69, 9.17) is 9.47 Å². The van der Waals surface area contributed by atoms with E-state index in [1.54, 1.807) is 12.1 Å². The van der Waals surface area contributed by atoms with Crippen molar-refractivity contribution in [3.05, 3.63) is 102 Å². The molecule has 3 rings (SSSR count). The summed E-state index contributed by atoms with van der Waals surface area (Å²) in [5.41, 5.74) is 6.26. The molecule has 0 saturated heterocycles. The first-order valence-electron chi connectivity index (χ1n) is 11.0. The van der Waals surface area contributed by atoms with Crippen LogP contribution in [0.2, 0.25) is 0 Å². The molecule has 0 saturated carbocycles. The number of hydrogen-bond donors (Lipinski definition) is 0. The Labute approximate surface area is 196 Å². The van der Waals surface area contributed by atoms with Gasteiger partial charge in [-0.3, -0.25) is 0 Å². The van der Waals surface area contributed by atoms with Crippen molar-refractivity contribution >= 4 is 17.8 Å². The minimum Gasteiger partial charge on any atom is -0.456 e. The molecular formula is C29H32NO3+. The number of rotatable bonds is 7. The molecule has 0 unspecified atom stereocenters. The smallest absolute Gasteiger partial charge is 0.335 e. The number of nitrogens with zero attached hydrogens (tertiary/aromatic N) is 1. The zero-order valence-electron chi connectivity index (χ0n) is 20.2. The van der Waals surface area contributed by atoms with Gasteiger partial charge in [0.1, 0.15) is 24.3 Å². The highest BCUT2D eigenvalue weighted by Crippen LogP contribution is 2.39. The van der Waals surface area contributed by atoms with E-state index in [9.17, 15) is 4.79 Å². The van der Waals surface area contributed by atoms with Gasteiger partial charge < -0.3 is 9.47 Å². The first kappa shape index (κ1) is 24.0. The molecule has 1 aromatic rings. The van der Waals surface area contributed by atoms with E-state index in [1.165, 1.54) is 0 Å². The van der Waals surface area contributed by atoms with Gasteiger partial charge in [-0.05, 0) is 62.6 Å². The van der Waals surface area contributed by atoms with E-state index in [1.807, 2.05) is 32.2 Å². The van der Waals surface area contributed by atoms with E-state index in [0.29, 0.717) is 11.5 Å². The third kappa shape index (κ3) is 4.47. The molecule has 0 atom stereocenters. The van der Waals surface area contributed by atoms with Gasteiger partial charge in [0, 0.05) is 35.4 Å². The van der Waals surface area contributed by atoms with Gasteiger partial charge in [0.15, 0.2) is 5.71 Å². The highest BCUT2D eigenvalue weighted by Gasteiger charge is 2.42. The quantitative estimate of drug-likeness (QED) is 0.208. The SMILES string of the molecule is C=CC(=O)Oc1ccc2c(c1)O/C(=C(C)\C=C\C1=[N+](C)C(C=C)=C(C=C)C1(C)C)C(CC)=C2. The van der Waals surface area contributed by atoms with E-state index in [-0.39, 0.29) is 5.41 Å². The Bertz CT molecular complexity index is 1200. The summed E-state index contributed by atoms with van der Waals surface area (Å²) in [6.45, 7) is 19.9. The molecule has 0 radical (unpaired) electrons. The van der Waals surface area contributed by atoms with Crippen LogP contribution in [0.3, 0.4) is 0 Å². The van der Waals surface area contributed by atoms with Gasteiger partial charge in [-0.2, -0.15) is 4.58 Å². The van der Waals surface area contributed by atoms with Gasteiger partial charge in [-0.1, -0.05) is 32.7 Å². The molecule has 0 N–H and O–H groups in total. The number of likely N-dealkylation sites (N-methyl/N-ethyl adjacent to an activating group) is 1. The first-order chi connectivity index (χ1) is 15.7. The van der Waals surface area contributed by atoms with Gasteiger partial charge in [0.05, 0.1) is 5.41 Å². The largest absolute Gasteiger partial charge is 0.456 e. The van der Waals surface area contributed by atoms with Gasteiger partial charge >= 0.3 is 5.97 Å². The fraction of sp³-hybridized carbons (Fsp3) is 0.241. The van der Waals surface area contributed by atoms with Gasteiger partial charge in [0.2, 0.25) is 5.70 Å². The molecule has 33 heavy (non-hydrogen) atoms. The van der Waals surface area contributed by atoms with Crippen molar-refractivity contribution in [2.75, 3.05) is 7.05 Å². The number of carbonyl (C=O) groups excluding carboxylic acids is 1. The maximum absolute atomic E-state index is 11.6. The Balaban J connectivity index is 1.98. The summed E-state index contributed by atoms with van der Waals surface area (Å²) in [4.78, 5) is 11.6. The third-order valence-corrected chi connectivity index (χ3v) is 6.14. The predicted octanol–water partition coefficient (Wildman–Crippen LogP) is 6.54. The van der Waals surface area contributed by atoms with Crippen molar-refractivity contribution in [1.29, 1.82) is 0 Å². The summed E-state index contributed by atoms with van der Waals surface area (Å²) in [7, 11) is 2.05. The summed E-state index contributed by atoms with van der Waals surface area (Å²) in [5, 5.41) is 0. The second-order valence-electron chi connectivity index (χ2n) is 8.57. The number of hydrogen-bond acceptors (Lipinski definition) is 3. The zero-order chi connectivity index (χ0) is 24.3. The molecule has 1 aromatic carbocycles. The van der Waals surface area contributed by atoms with Crippen LogP contribution in [0.25, 0.3) is 6.08 Å². The molecule has 4 nitrogen and oxygen atoms in total. The van der Waals surface area contributed by atoms with Crippen LogP contribution in [0.15, 0.2) is 96.5 Å². The molecule has 0 spiro atoms. The number of allylic oxidation sites excluding steroid dienone is 7. The third-order valence-electron chi connectivity index (χ3n) is 6.14. The molecule has 2 aliphatic heterocycles. The molecule has 0 fully saturated rings. The summed E-state index contributed by atoms with van der Waals surface area (Å²) in [6.07, 6.45) is 12.1. The lowest BCUT2D eigenvalue weighted by molar-refractivity contribution is -0.435. The number of benzene rings is 1. The summed E-state index contributed by atoms with van der Waals surface area (Å²) < 4.78 is 13.7. The summed E-state index contributed by atoms with van der Waals surface area (Å²) >= 11 is 0. The Morgan fingerprint density at radius 3 is 2.52 bits per heavy atom. The number of ether oxygens (including phenoxy) is 2. The normalized spacial score (nSPS) is 18.5. The Morgan fingerprint density at radius 1 is 1.21 bits per heavy atom. The predicted molar refractivity (Wildman–Crippen MR) is 135 cm³/mol. The second-order valence-corrected chi connectivity index (χ2v) is 8.57. The van der Waals surface area contributed by atoms with Crippen molar-refractivity contribution < 1.29 is 18.8 Å². The molecule has 0 aromatic heterocycles. The standard InChI is InChI=1S/C29H32NO3/c1-9-20-17-21-14-15-22(32-27(31)12-4)18-25(21)33-28(20)19(5)13-16-26-29(6,7)23(10-2)24(11-3)30(26)8/h10-18H,2-4,9H2,1,5-8H3/q+1/b16-13+,28-19-. The fourth-order valence-electron chi connectivity index (χ4n) is 4.36. The topological polar surface area (TPSA) is 38.5 Å². The Hall–Kier alpha value is -3.66. The molecular weight excluding hydrogens is 410 g/mol. The van der Waals surface area contributed by atoms with Crippen LogP contribution in [0.1, 0.15) is 39.7 Å². The summed E-state index contributed by atoms with van der Waals surface area (Å²) in [6, 6.07) is 5.38. The van der Waals surface area contributed by atoms with E-state index in [2.05, 4.69) is 63.3 Å². The van der Waals surface area contributed by atoms with Crippen LogP contribution in [0, 0.1) is 5.41 Å². The van der Waals surface area contributed by atoms with Crippen LogP contribution >= 0.6 is 0 Å². The van der Waals surface area contributed by atoms with Gasteiger partial charge in [-0.25, -0.2) is 4.79 Å². The molecule has 2 aliphatic rings. The van der Waals surface area contributed by atoms with E-state index in [0.717, 1.165) is 51.9 Å². The minimum absolute atomic E-state index is 0.186. The number of fused-ring (bicyclic) bond motifs is 1. The van der Waals surface area contributed by atoms with Crippen molar-refractivity contribution in [3.8, 4) is 11.5 Å². The lowest BCUT2D eigenvalue weighted by Crippen LogP contribution is -2.24. The van der Waals surface area contributed by atoms with Crippen LogP contribution in [-0.2, 0) is 4.79 Å². The molecule has 4 heteroatoms. The molecule has 170 valence electrons. The molecule has 0 bridgehead atoms. The van der Waals surface area contributed by atoms with Crippen molar-refractivity contribution in [2.45, 2.75) is 34.1 Å². The maximum Gasteiger partial charge on any atom is 0.335 e. The molecule has 0 amide bonds. The zero-order valence-corrected chi connectivity index (χ0v) is 20.2. The number of carbonyl (C=O) groups is 1. The van der Waals surface area contributed by atoms with Crippen LogP contribution in [0.5, 0.6) is 11.5 Å². The lowest BCUT2D eigenvalue weighted by Gasteiger charge is -2.22. The highest BCUT2D eigenvalue weighted by molar-refractivity contribution is 6.00. The molecule has 0 aliphatic carbocycles. The first-order valence-corrected chi connectivity index (χ1v) is 11.0. The van der Waals surface area contributed by atoms with Crippen molar-refractivity contribution in [2.24, 2.45) is 5.41 Å². The van der Waals surface area contributed by atoms with Crippen LogP contribution in [0.4, 0.5) is 0 Å². The second kappa shape index (κ2) is 9.45. The average Bonchev–Trinajstić information content (AvgIpc) is 2.99. The summed E-state index contributed by atoms with van der Waals surface area (Å²) in [5.74, 6) is 1.38. The van der Waals surface area contributed by atoms with Gasteiger partial charge in [-0.15, -0.1) is 0 Å². The van der Waals surface area contributed by atoms with Crippen molar-refractivity contribution in [1.82, 2.24) is 0 Å². The van der Waals surface area contributed by atoms with Crippen LogP contribution < -0.4 is 9.47 Å². The molecule has 2 heterocycles. The minimum atomic E-state index is -0.503. The van der Waals surface area contributed by atoms with E-state index < -0.39 is 5.97 Å². The highest BCUT2D eigenvalue weighted by atomic mass is 16.5. The van der Waals surface area contributed by atoms with Gasteiger partial charge in [0.25, 0.3) is 0 Å². The van der Waals surface area contributed by atoms with Crippen molar-refractivity contribution in [3.63, 3.8) is 0 Å². The Morgan fingerprint density at radius 2 is 1.94 bits per heavy atom. The average molecular weight is 443 g/mol. The lowest BCUT2D eigenvalue weighted by atomic mass is 9.80. The maximum atomic E-state index is 11.6.